The van der Waals surface area contributed by atoms with Crippen molar-refractivity contribution in [2.75, 3.05) is 13.6 Å². The van der Waals surface area contributed by atoms with E-state index in [1.807, 2.05) is 0 Å². The fraction of sp³-hybridized carbons (Fsp3) is 0.533. The number of aromatic nitrogens is 3. The van der Waals surface area contributed by atoms with Crippen LogP contribution in [0.2, 0.25) is 5.02 Å². The molecule has 5 nitrogen and oxygen atoms in total. The Morgan fingerprint density at radius 2 is 2.19 bits per heavy atom. The van der Waals surface area contributed by atoms with Gasteiger partial charge in [-0.2, -0.15) is 0 Å². The smallest absolute Gasteiger partial charge is 0.277 e. The number of benzene rings is 1. The number of nitrogens with zero attached hydrogens (tertiary/aromatic N) is 4. The number of piperidine rings is 2. The van der Waals surface area contributed by atoms with Crippen LogP contribution in [0.15, 0.2) is 23.0 Å². The lowest BCUT2D eigenvalue weighted by atomic mass is 9.76. The summed E-state index contributed by atoms with van der Waals surface area (Å²) in [4.78, 5) is 15.1. The van der Waals surface area contributed by atoms with Gasteiger partial charge in [0, 0.05) is 17.6 Å². The maximum atomic E-state index is 12.7. The molecule has 3 heterocycles. The van der Waals surface area contributed by atoms with Gasteiger partial charge in [0.2, 0.25) is 0 Å². The summed E-state index contributed by atoms with van der Waals surface area (Å²) in [6, 6.07) is 5.90. The molecule has 2 saturated heterocycles. The first-order valence-electron chi connectivity index (χ1n) is 7.38. The van der Waals surface area contributed by atoms with Crippen LogP contribution in [-0.2, 0) is 0 Å². The second kappa shape index (κ2) is 4.78. The molecule has 0 radical (unpaired) electrons. The molecule has 0 amide bonds. The van der Waals surface area contributed by atoms with E-state index < -0.39 is 0 Å². The van der Waals surface area contributed by atoms with Crippen LogP contribution < -0.4 is 5.56 Å². The average molecular weight is 305 g/mol. The summed E-state index contributed by atoms with van der Waals surface area (Å²) in [5.41, 5.74) is 0.543. The lowest BCUT2D eigenvalue weighted by Gasteiger charge is -2.47. The summed E-state index contributed by atoms with van der Waals surface area (Å²) in [7, 11) is 2.17. The van der Waals surface area contributed by atoms with Crippen molar-refractivity contribution in [2.45, 2.75) is 31.3 Å². The van der Waals surface area contributed by atoms with Crippen molar-refractivity contribution in [1.29, 1.82) is 0 Å². The van der Waals surface area contributed by atoms with Crippen molar-refractivity contribution in [3.63, 3.8) is 0 Å². The van der Waals surface area contributed by atoms with Gasteiger partial charge in [-0.1, -0.05) is 16.8 Å². The largest absolute Gasteiger partial charge is 0.303 e. The normalized spacial score (nSPS) is 29.1. The standard InChI is InChI=1S/C15H17ClN4O/c1-19-8-9-2-4-11(19)7-14(9)20-15(21)12-6-10(16)3-5-13(12)17-18-20/h3,5-6,9,11,14H,2,4,7-8H2,1H3/t9?,11?,14-/m0/s1. The first-order valence-corrected chi connectivity index (χ1v) is 7.76. The molecule has 3 aliphatic rings. The Labute approximate surface area is 127 Å². The summed E-state index contributed by atoms with van der Waals surface area (Å²) < 4.78 is 1.60. The second-order valence-corrected chi connectivity index (χ2v) is 6.67. The Balaban J connectivity index is 1.81. The highest BCUT2D eigenvalue weighted by Crippen LogP contribution is 2.40. The van der Waals surface area contributed by atoms with Crippen LogP contribution in [0.25, 0.3) is 10.9 Å². The third-order valence-electron chi connectivity index (χ3n) is 5.03. The Hall–Kier alpha value is -1.46. The highest BCUT2D eigenvalue weighted by atomic mass is 35.5. The van der Waals surface area contributed by atoms with Crippen LogP contribution in [0.1, 0.15) is 25.3 Å². The van der Waals surface area contributed by atoms with Gasteiger partial charge in [0.05, 0.1) is 11.4 Å². The second-order valence-electron chi connectivity index (χ2n) is 6.23. The summed E-state index contributed by atoms with van der Waals surface area (Å²) in [5, 5.41) is 9.52. The number of hydrogen-bond donors (Lipinski definition) is 0. The van der Waals surface area contributed by atoms with E-state index in [1.165, 1.54) is 12.8 Å². The lowest BCUT2D eigenvalue weighted by Crippen LogP contribution is -2.52. The molecule has 3 fully saturated rings. The topological polar surface area (TPSA) is 51.0 Å². The zero-order valence-corrected chi connectivity index (χ0v) is 12.6. The zero-order chi connectivity index (χ0) is 14.6. The Kier molecular flexibility index (Phi) is 3.01. The quantitative estimate of drug-likeness (QED) is 0.809. The minimum Gasteiger partial charge on any atom is -0.303 e. The van der Waals surface area contributed by atoms with Gasteiger partial charge in [-0.25, -0.2) is 4.68 Å². The van der Waals surface area contributed by atoms with Crippen molar-refractivity contribution in [1.82, 2.24) is 19.9 Å². The van der Waals surface area contributed by atoms with Crippen molar-refractivity contribution in [3.05, 3.63) is 33.6 Å². The molecule has 21 heavy (non-hydrogen) atoms. The zero-order valence-electron chi connectivity index (χ0n) is 11.9. The molecule has 2 unspecified atom stereocenters. The predicted octanol–water partition coefficient (Wildman–Crippen LogP) is 2.10. The van der Waals surface area contributed by atoms with Crippen LogP contribution in [0, 0.1) is 5.92 Å². The minimum absolute atomic E-state index is 0.0669. The number of halogens is 1. The molecular formula is C15H17ClN4O. The average Bonchev–Trinajstić information content (AvgIpc) is 2.49. The fourth-order valence-electron chi connectivity index (χ4n) is 3.86. The lowest BCUT2D eigenvalue weighted by molar-refractivity contribution is 0.0216. The van der Waals surface area contributed by atoms with Gasteiger partial charge < -0.3 is 4.90 Å². The fourth-order valence-corrected chi connectivity index (χ4v) is 4.04. The molecule has 0 N–H and O–H groups in total. The molecule has 1 aliphatic carbocycles. The summed E-state index contributed by atoms with van der Waals surface area (Å²) in [6.45, 7) is 1.04. The number of rotatable bonds is 1. The molecule has 2 aliphatic heterocycles. The van der Waals surface area contributed by atoms with E-state index in [-0.39, 0.29) is 11.6 Å². The Morgan fingerprint density at radius 3 is 2.90 bits per heavy atom. The molecule has 2 bridgehead atoms. The molecule has 1 saturated carbocycles. The van der Waals surface area contributed by atoms with Crippen LogP contribution in [0.3, 0.4) is 0 Å². The van der Waals surface area contributed by atoms with Crippen LogP contribution in [0.5, 0.6) is 0 Å². The van der Waals surface area contributed by atoms with E-state index in [1.54, 1.807) is 22.9 Å². The minimum atomic E-state index is -0.0669. The maximum absolute atomic E-state index is 12.7. The number of fused-ring (bicyclic) bond motifs is 4. The van der Waals surface area contributed by atoms with E-state index in [0.717, 1.165) is 13.0 Å². The highest BCUT2D eigenvalue weighted by Gasteiger charge is 2.40. The summed E-state index contributed by atoms with van der Waals surface area (Å²) in [5.74, 6) is 0.489. The maximum Gasteiger partial charge on any atom is 0.277 e. The van der Waals surface area contributed by atoms with Gasteiger partial charge in [0.25, 0.3) is 5.56 Å². The third kappa shape index (κ3) is 2.07. The van der Waals surface area contributed by atoms with Crippen molar-refractivity contribution in [3.8, 4) is 0 Å². The van der Waals surface area contributed by atoms with Gasteiger partial charge in [0.15, 0.2) is 0 Å². The summed E-state index contributed by atoms with van der Waals surface area (Å²) in [6.07, 6.45) is 3.38. The van der Waals surface area contributed by atoms with Crippen LogP contribution in [-0.4, -0.2) is 39.5 Å². The SMILES string of the molecule is CN1CC2CCC1C[C@@H]2n1nnc2ccc(Cl)cc2c1=O. The van der Waals surface area contributed by atoms with Crippen LogP contribution in [0.4, 0.5) is 0 Å². The highest BCUT2D eigenvalue weighted by molar-refractivity contribution is 6.31. The molecule has 6 heteroatoms. The van der Waals surface area contributed by atoms with E-state index in [2.05, 4.69) is 22.3 Å². The van der Waals surface area contributed by atoms with Gasteiger partial charge >= 0.3 is 0 Å². The Morgan fingerprint density at radius 1 is 1.33 bits per heavy atom. The number of hydrogen-bond acceptors (Lipinski definition) is 4. The third-order valence-corrected chi connectivity index (χ3v) is 5.27. The van der Waals surface area contributed by atoms with Gasteiger partial charge in [0.1, 0.15) is 5.52 Å². The van der Waals surface area contributed by atoms with Crippen LogP contribution >= 0.6 is 11.6 Å². The van der Waals surface area contributed by atoms with Gasteiger partial charge in [-0.3, -0.25) is 4.79 Å². The first kappa shape index (κ1) is 13.2. The van der Waals surface area contributed by atoms with Crippen molar-refractivity contribution < 1.29 is 0 Å². The van der Waals surface area contributed by atoms with E-state index >= 15 is 0 Å². The molecule has 2 aromatic rings. The molecule has 1 aromatic carbocycles. The molecule has 0 spiro atoms. The van der Waals surface area contributed by atoms with E-state index in [4.69, 9.17) is 11.6 Å². The van der Waals surface area contributed by atoms with E-state index in [9.17, 15) is 4.79 Å². The molecule has 5 rings (SSSR count). The van der Waals surface area contributed by atoms with E-state index in [0.29, 0.717) is 27.9 Å². The predicted molar refractivity (Wildman–Crippen MR) is 81.6 cm³/mol. The summed E-state index contributed by atoms with van der Waals surface area (Å²) >= 11 is 6.01. The monoisotopic (exact) mass is 304 g/mol. The molecule has 110 valence electrons. The van der Waals surface area contributed by atoms with Crippen molar-refractivity contribution >= 4 is 22.5 Å². The molecule has 3 atom stereocenters. The first-order chi connectivity index (χ1) is 10.1. The van der Waals surface area contributed by atoms with Gasteiger partial charge in [-0.15, -0.1) is 5.10 Å². The van der Waals surface area contributed by atoms with Crippen molar-refractivity contribution in [2.24, 2.45) is 5.92 Å². The molecule has 1 aromatic heterocycles. The van der Waals surface area contributed by atoms with Gasteiger partial charge in [-0.05, 0) is 50.4 Å². The Bertz CT molecular complexity index is 759. The molecular weight excluding hydrogens is 288 g/mol.